The summed E-state index contributed by atoms with van der Waals surface area (Å²) in [6.45, 7) is 5.79. The van der Waals surface area contributed by atoms with Gasteiger partial charge in [-0.05, 0) is 18.6 Å². The smallest absolute Gasteiger partial charge is 0.277 e. The molecule has 1 aliphatic heterocycles. The Bertz CT molecular complexity index is 2020. The van der Waals surface area contributed by atoms with Crippen LogP contribution < -0.4 is 26.2 Å². The molecule has 3 N–H and O–H groups in total. The molecule has 0 bridgehead atoms. The first-order valence-electron chi connectivity index (χ1n) is 15.6. The Kier molecular flexibility index (Phi) is 9.65. The fourth-order valence-corrected chi connectivity index (χ4v) is 6.48. The lowest BCUT2D eigenvalue weighted by Gasteiger charge is -2.15. The molecule has 5 aromatic rings. The normalized spacial score (nSPS) is 14.7. The molecule has 1 amide bonds. The number of hydrogen-bond donors (Lipinski definition) is 3. The zero-order valence-electron chi connectivity index (χ0n) is 26.7. The second kappa shape index (κ2) is 13.9. The number of hydrogen-bond acceptors (Lipinski definition) is 7. The van der Waals surface area contributed by atoms with Crippen LogP contribution in [-0.2, 0) is 24.9 Å². The number of nitrogens with one attached hydrogen (secondary N) is 3. The Morgan fingerprint density at radius 1 is 1.00 bits per heavy atom. The highest BCUT2D eigenvalue weighted by Gasteiger charge is 2.21. The monoisotopic (exact) mass is 673 g/mol. The van der Waals surface area contributed by atoms with Gasteiger partial charge in [-0.1, -0.05) is 79.5 Å². The summed E-state index contributed by atoms with van der Waals surface area (Å²) >= 11 is 14.2. The number of nitrogens with zero attached hydrogens (tertiary/aromatic N) is 4. The van der Waals surface area contributed by atoms with Crippen molar-refractivity contribution in [1.29, 1.82) is 0 Å². The third-order valence-corrected chi connectivity index (χ3v) is 9.22. The van der Waals surface area contributed by atoms with Gasteiger partial charge in [0.25, 0.3) is 5.56 Å². The number of carbonyl (C=O) groups is 1. The Balaban J connectivity index is 1.29. The molecule has 0 aliphatic carbocycles. The number of aromatic nitrogens is 4. The highest BCUT2D eigenvalue weighted by molar-refractivity contribution is 6.39. The van der Waals surface area contributed by atoms with E-state index in [0.29, 0.717) is 59.0 Å². The molecule has 1 atom stereocenters. The van der Waals surface area contributed by atoms with Gasteiger partial charge in [0, 0.05) is 78.2 Å². The van der Waals surface area contributed by atoms with E-state index in [1.807, 2.05) is 74.6 Å². The molecule has 47 heavy (non-hydrogen) atoms. The highest BCUT2D eigenvalue weighted by atomic mass is 35.5. The molecular weight excluding hydrogens is 637 g/mol. The Morgan fingerprint density at radius 3 is 2.38 bits per heavy atom. The Labute approximate surface area is 283 Å². The molecule has 1 aliphatic rings. The standard InChI is InChI=1S/C35H37Cl2N7O3/c1-20(2)39-18-30-42-44-19-22(15-29(44)35(46)43(30)3)24-7-5-8-25(32(24)36)26-9-6-10-27(33(26)37)28-13-11-21(34(41-28)47-4)16-38-17-23-12-14-31(45)40-23/h5-11,13,15,19-20,23,38-39H,12,14,16-18H2,1-4H3,(H,40,45)/t23-/m1/s1. The van der Waals surface area contributed by atoms with Gasteiger partial charge in [0.15, 0.2) is 0 Å². The van der Waals surface area contributed by atoms with Gasteiger partial charge in [-0.15, -0.1) is 0 Å². The number of ether oxygens (including phenoxy) is 1. The van der Waals surface area contributed by atoms with E-state index in [0.717, 1.165) is 39.8 Å². The van der Waals surface area contributed by atoms with E-state index in [2.05, 4.69) is 16.0 Å². The van der Waals surface area contributed by atoms with Crippen molar-refractivity contribution in [3.63, 3.8) is 0 Å². The van der Waals surface area contributed by atoms with E-state index < -0.39 is 0 Å². The summed E-state index contributed by atoms with van der Waals surface area (Å²) in [6.07, 6.45) is 3.23. The number of methoxy groups -OCH3 is 1. The van der Waals surface area contributed by atoms with Crippen LogP contribution in [-0.4, -0.2) is 50.8 Å². The summed E-state index contributed by atoms with van der Waals surface area (Å²) in [5.41, 5.74) is 5.65. The molecule has 10 nitrogen and oxygen atoms in total. The number of halogens is 2. The van der Waals surface area contributed by atoms with Gasteiger partial charge >= 0.3 is 0 Å². The van der Waals surface area contributed by atoms with E-state index in [9.17, 15) is 9.59 Å². The molecule has 2 aromatic carbocycles. The van der Waals surface area contributed by atoms with Gasteiger partial charge in [0.05, 0.1) is 29.4 Å². The van der Waals surface area contributed by atoms with E-state index in [1.165, 1.54) is 0 Å². The van der Waals surface area contributed by atoms with E-state index in [-0.39, 0.29) is 23.6 Å². The molecule has 1 fully saturated rings. The maximum Gasteiger partial charge on any atom is 0.277 e. The summed E-state index contributed by atoms with van der Waals surface area (Å²) < 4.78 is 8.83. The average molecular weight is 675 g/mol. The van der Waals surface area contributed by atoms with Crippen LogP contribution in [0.4, 0.5) is 0 Å². The largest absolute Gasteiger partial charge is 0.481 e. The van der Waals surface area contributed by atoms with Gasteiger partial charge < -0.3 is 20.7 Å². The van der Waals surface area contributed by atoms with E-state index >= 15 is 0 Å². The fraction of sp³-hybridized carbons (Fsp3) is 0.314. The lowest BCUT2D eigenvalue weighted by Crippen LogP contribution is -2.35. The first-order chi connectivity index (χ1) is 22.6. The van der Waals surface area contributed by atoms with Crippen LogP contribution in [0.3, 0.4) is 0 Å². The zero-order valence-corrected chi connectivity index (χ0v) is 28.2. The van der Waals surface area contributed by atoms with Gasteiger partial charge in [0.2, 0.25) is 11.8 Å². The van der Waals surface area contributed by atoms with Crippen molar-refractivity contribution in [2.24, 2.45) is 7.05 Å². The average Bonchev–Trinajstić information content (AvgIpc) is 3.68. The highest BCUT2D eigenvalue weighted by Crippen LogP contribution is 2.42. The summed E-state index contributed by atoms with van der Waals surface area (Å²) in [4.78, 5) is 29.5. The molecule has 0 spiro atoms. The minimum Gasteiger partial charge on any atom is -0.481 e. The number of benzene rings is 2. The van der Waals surface area contributed by atoms with Crippen LogP contribution in [0.1, 0.15) is 38.1 Å². The van der Waals surface area contributed by atoms with E-state index in [4.69, 9.17) is 38.0 Å². The summed E-state index contributed by atoms with van der Waals surface area (Å²) in [6, 6.07) is 17.6. The molecule has 6 rings (SSSR count). The predicted octanol–water partition coefficient (Wildman–Crippen LogP) is 5.61. The number of carbonyl (C=O) groups excluding carboxylic acids is 1. The third kappa shape index (κ3) is 6.78. The van der Waals surface area contributed by atoms with Crippen molar-refractivity contribution in [2.75, 3.05) is 13.7 Å². The quantitative estimate of drug-likeness (QED) is 0.167. The molecule has 1 saturated heterocycles. The van der Waals surface area contributed by atoms with Crippen LogP contribution in [0.5, 0.6) is 5.88 Å². The summed E-state index contributed by atoms with van der Waals surface area (Å²) in [5.74, 6) is 1.23. The van der Waals surface area contributed by atoms with Crippen molar-refractivity contribution in [2.45, 2.75) is 51.9 Å². The molecular formula is C35H37Cl2N7O3. The molecule has 4 heterocycles. The predicted molar refractivity (Wildman–Crippen MR) is 186 cm³/mol. The molecule has 0 radical (unpaired) electrons. The van der Waals surface area contributed by atoms with Crippen LogP contribution in [0.25, 0.3) is 39.0 Å². The molecule has 12 heteroatoms. The minimum atomic E-state index is -0.137. The van der Waals surface area contributed by atoms with Gasteiger partial charge in [-0.2, -0.15) is 5.10 Å². The Morgan fingerprint density at radius 2 is 1.70 bits per heavy atom. The van der Waals surface area contributed by atoms with Crippen LogP contribution in [0.15, 0.2) is 65.6 Å². The molecule has 3 aromatic heterocycles. The second-order valence-electron chi connectivity index (χ2n) is 12.0. The van der Waals surface area contributed by atoms with E-state index in [1.54, 1.807) is 23.2 Å². The van der Waals surface area contributed by atoms with Crippen LogP contribution >= 0.6 is 23.2 Å². The van der Waals surface area contributed by atoms with Gasteiger partial charge in [-0.25, -0.2) is 9.50 Å². The zero-order chi connectivity index (χ0) is 33.2. The number of fused-ring (bicyclic) bond motifs is 1. The van der Waals surface area contributed by atoms with Crippen molar-refractivity contribution < 1.29 is 9.53 Å². The first kappa shape index (κ1) is 32.7. The summed E-state index contributed by atoms with van der Waals surface area (Å²) in [5, 5.41) is 15.4. The Hall–Kier alpha value is -4.22. The summed E-state index contributed by atoms with van der Waals surface area (Å²) in [7, 11) is 3.33. The molecule has 244 valence electrons. The number of pyridine rings is 1. The van der Waals surface area contributed by atoms with Crippen LogP contribution in [0, 0.1) is 0 Å². The molecule has 0 saturated carbocycles. The van der Waals surface area contributed by atoms with Crippen molar-refractivity contribution in [3.05, 3.63) is 92.6 Å². The van der Waals surface area contributed by atoms with Crippen molar-refractivity contribution in [1.82, 2.24) is 35.1 Å². The number of amides is 1. The second-order valence-corrected chi connectivity index (χ2v) is 12.8. The first-order valence-corrected chi connectivity index (χ1v) is 16.3. The maximum atomic E-state index is 13.2. The minimum absolute atomic E-state index is 0.0967. The lowest BCUT2D eigenvalue weighted by molar-refractivity contribution is -0.119. The van der Waals surface area contributed by atoms with Crippen LogP contribution in [0.2, 0.25) is 10.0 Å². The third-order valence-electron chi connectivity index (χ3n) is 8.40. The fourth-order valence-electron chi connectivity index (χ4n) is 5.81. The molecule has 0 unspecified atom stereocenters. The van der Waals surface area contributed by atoms with Crippen molar-refractivity contribution in [3.8, 4) is 39.4 Å². The topological polar surface area (TPSA) is 115 Å². The number of rotatable bonds is 11. The van der Waals surface area contributed by atoms with Gasteiger partial charge in [0.1, 0.15) is 11.3 Å². The SMILES string of the molecule is COc1nc(-c2cccc(-c3cccc(-c4cc5c(=O)n(C)c(CNC(C)C)nn5c4)c3Cl)c2Cl)ccc1CNC[C@H]1CCC(=O)N1. The van der Waals surface area contributed by atoms with Crippen molar-refractivity contribution >= 4 is 34.6 Å². The maximum absolute atomic E-state index is 13.2. The van der Waals surface area contributed by atoms with Gasteiger partial charge in [-0.3, -0.25) is 14.2 Å². The lowest BCUT2D eigenvalue weighted by atomic mass is 9.97.